The summed E-state index contributed by atoms with van der Waals surface area (Å²) in [7, 11) is 0. The summed E-state index contributed by atoms with van der Waals surface area (Å²) in [6.45, 7) is 4.62. The van der Waals surface area contributed by atoms with E-state index in [-0.39, 0.29) is 28.8 Å². The van der Waals surface area contributed by atoms with Gasteiger partial charge in [-0.1, -0.05) is 26.0 Å². The summed E-state index contributed by atoms with van der Waals surface area (Å²) in [6, 6.07) is 9.56. The van der Waals surface area contributed by atoms with Crippen LogP contribution in [0.1, 0.15) is 42.7 Å². The maximum absolute atomic E-state index is 13.1. The monoisotopic (exact) mass is 371 g/mol. The number of amides is 2. The van der Waals surface area contributed by atoms with Gasteiger partial charge in [0.1, 0.15) is 11.6 Å². The standard InChI is InChI=1S/C19H22FN5O2/c1-19(2,13-5-7-14(20)8-6-13)11-21-16-10-9-15(22-23-16)18(27)25-24-17(26)12-3-4-12/h5-10,12H,3-4,11H2,1-2H3,(H,21,23)(H,24,26)(H,25,27). The summed E-state index contributed by atoms with van der Waals surface area (Å²) in [5.74, 6) is -0.445. The van der Waals surface area contributed by atoms with E-state index in [0.717, 1.165) is 18.4 Å². The molecule has 2 amide bonds. The van der Waals surface area contributed by atoms with Crippen LogP contribution >= 0.6 is 0 Å². The van der Waals surface area contributed by atoms with E-state index in [1.165, 1.54) is 18.2 Å². The molecule has 0 atom stereocenters. The van der Waals surface area contributed by atoms with Crippen LogP contribution in [0.2, 0.25) is 0 Å². The fourth-order valence-corrected chi connectivity index (χ4v) is 2.49. The number of aromatic nitrogens is 2. The van der Waals surface area contributed by atoms with Gasteiger partial charge in [-0.15, -0.1) is 10.2 Å². The number of nitrogens with zero attached hydrogens (tertiary/aromatic N) is 2. The van der Waals surface area contributed by atoms with Crippen molar-refractivity contribution in [1.29, 1.82) is 0 Å². The van der Waals surface area contributed by atoms with E-state index in [4.69, 9.17) is 0 Å². The zero-order valence-electron chi connectivity index (χ0n) is 15.3. The normalized spacial score (nSPS) is 13.7. The molecule has 0 saturated heterocycles. The van der Waals surface area contributed by atoms with Crippen LogP contribution in [-0.2, 0) is 10.2 Å². The number of hydrazine groups is 1. The fraction of sp³-hybridized carbons (Fsp3) is 0.368. The number of halogens is 1. The summed E-state index contributed by atoms with van der Waals surface area (Å²) in [5.41, 5.74) is 5.55. The number of hydrogen-bond acceptors (Lipinski definition) is 5. The van der Waals surface area contributed by atoms with Crippen LogP contribution in [-0.4, -0.2) is 28.6 Å². The summed E-state index contributed by atoms with van der Waals surface area (Å²) in [4.78, 5) is 23.5. The van der Waals surface area contributed by atoms with E-state index in [9.17, 15) is 14.0 Å². The molecule has 1 saturated carbocycles. The number of anilines is 1. The SMILES string of the molecule is CC(C)(CNc1ccc(C(=O)NNC(=O)C2CC2)nn1)c1ccc(F)cc1. The molecule has 1 aliphatic rings. The van der Waals surface area contributed by atoms with Crippen molar-refractivity contribution in [1.82, 2.24) is 21.0 Å². The van der Waals surface area contributed by atoms with Crippen LogP contribution in [0.15, 0.2) is 36.4 Å². The van der Waals surface area contributed by atoms with Gasteiger partial charge >= 0.3 is 0 Å². The lowest BCUT2D eigenvalue weighted by atomic mass is 9.84. The van der Waals surface area contributed by atoms with Gasteiger partial charge in [0.05, 0.1) is 0 Å². The zero-order chi connectivity index (χ0) is 19.4. The third kappa shape index (κ3) is 4.99. The molecule has 1 aliphatic carbocycles. The number of carbonyl (C=O) groups is 2. The molecular weight excluding hydrogens is 349 g/mol. The Morgan fingerprint density at radius 2 is 1.78 bits per heavy atom. The highest BCUT2D eigenvalue weighted by molar-refractivity contribution is 5.94. The minimum atomic E-state index is -0.519. The lowest BCUT2D eigenvalue weighted by molar-refractivity contribution is -0.123. The van der Waals surface area contributed by atoms with Gasteiger partial charge in [0.25, 0.3) is 5.91 Å². The number of carbonyl (C=O) groups excluding carboxylic acids is 2. The van der Waals surface area contributed by atoms with Crippen molar-refractivity contribution in [2.24, 2.45) is 5.92 Å². The van der Waals surface area contributed by atoms with Crippen molar-refractivity contribution in [3.8, 4) is 0 Å². The number of nitrogens with one attached hydrogen (secondary N) is 3. The second-order valence-corrected chi connectivity index (χ2v) is 7.27. The molecule has 1 heterocycles. The molecule has 2 aromatic rings. The molecule has 0 aliphatic heterocycles. The van der Waals surface area contributed by atoms with Crippen molar-refractivity contribution in [3.63, 3.8) is 0 Å². The van der Waals surface area contributed by atoms with E-state index in [1.54, 1.807) is 18.2 Å². The molecule has 8 heteroatoms. The maximum atomic E-state index is 13.1. The first kappa shape index (κ1) is 18.8. The van der Waals surface area contributed by atoms with Crippen LogP contribution in [0.5, 0.6) is 0 Å². The summed E-state index contributed by atoms with van der Waals surface area (Å²) >= 11 is 0. The second-order valence-electron chi connectivity index (χ2n) is 7.27. The lowest BCUT2D eigenvalue weighted by Gasteiger charge is -2.25. The Morgan fingerprint density at radius 3 is 2.37 bits per heavy atom. The van der Waals surface area contributed by atoms with Gasteiger partial charge in [-0.2, -0.15) is 0 Å². The molecule has 1 fully saturated rings. The highest BCUT2D eigenvalue weighted by atomic mass is 19.1. The van der Waals surface area contributed by atoms with Gasteiger partial charge in [0.15, 0.2) is 5.69 Å². The first-order chi connectivity index (χ1) is 12.8. The molecule has 1 aromatic carbocycles. The fourth-order valence-electron chi connectivity index (χ4n) is 2.49. The molecule has 3 rings (SSSR count). The van der Waals surface area contributed by atoms with E-state index in [1.807, 2.05) is 13.8 Å². The van der Waals surface area contributed by atoms with Crippen molar-refractivity contribution in [2.75, 3.05) is 11.9 Å². The van der Waals surface area contributed by atoms with E-state index in [2.05, 4.69) is 26.4 Å². The Balaban J connectivity index is 1.53. The molecule has 0 bridgehead atoms. The van der Waals surface area contributed by atoms with Crippen molar-refractivity contribution in [3.05, 3.63) is 53.5 Å². The van der Waals surface area contributed by atoms with Crippen molar-refractivity contribution < 1.29 is 14.0 Å². The first-order valence-corrected chi connectivity index (χ1v) is 8.79. The van der Waals surface area contributed by atoms with Gasteiger partial charge in [0.2, 0.25) is 5.91 Å². The number of rotatable bonds is 6. The van der Waals surface area contributed by atoms with Crippen LogP contribution in [0, 0.1) is 11.7 Å². The van der Waals surface area contributed by atoms with Crippen LogP contribution in [0.3, 0.4) is 0 Å². The van der Waals surface area contributed by atoms with Crippen LogP contribution in [0.25, 0.3) is 0 Å². The molecule has 7 nitrogen and oxygen atoms in total. The molecule has 142 valence electrons. The van der Waals surface area contributed by atoms with E-state index < -0.39 is 5.91 Å². The molecule has 0 spiro atoms. The second kappa shape index (κ2) is 7.69. The number of benzene rings is 1. The quantitative estimate of drug-likeness (QED) is 0.677. The smallest absolute Gasteiger partial charge is 0.290 e. The largest absolute Gasteiger partial charge is 0.368 e. The van der Waals surface area contributed by atoms with E-state index >= 15 is 0 Å². The molecule has 0 unspecified atom stereocenters. The van der Waals surface area contributed by atoms with E-state index in [0.29, 0.717) is 12.4 Å². The molecule has 1 aromatic heterocycles. The Morgan fingerprint density at radius 1 is 1.07 bits per heavy atom. The summed E-state index contributed by atoms with van der Waals surface area (Å²) in [6.07, 6.45) is 1.71. The Hall–Kier alpha value is -3.03. The van der Waals surface area contributed by atoms with Crippen molar-refractivity contribution in [2.45, 2.75) is 32.1 Å². The lowest BCUT2D eigenvalue weighted by Crippen LogP contribution is -2.42. The highest BCUT2D eigenvalue weighted by Gasteiger charge is 2.29. The maximum Gasteiger partial charge on any atom is 0.290 e. The third-order valence-corrected chi connectivity index (χ3v) is 4.48. The Labute approximate surface area is 156 Å². The Kier molecular flexibility index (Phi) is 5.34. The predicted octanol–water partition coefficient (Wildman–Crippen LogP) is 2.18. The molecule has 3 N–H and O–H groups in total. The van der Waals surface area contributed by atoms with Gasteiger partial charge < -0.3 is 5.32 Å². The topological polar surface area (TPSA) is 96.0 Å². The van der Waals surface area contributed by atoms with Gasteiger partial charge in [-0.25, -0.2) is 4.39 Å². The highest BCUT2D eigenvalue weighted by Crippen LogP contribution is 2.28. The van der Waals surface area contributed by atoms with Crippen LogP contribution < -0.4 is 16.2 Å². The molecule has 27 heavy (non-hydrogen) atoms. The summed E-state index contributed by atoms with van der Waals surface area (Å²) < 4.78 is 13.1. The first-order valence-electron chi connectivity index (χ1n) is 8.79. The van der Waals surface area contributed by atoms with Crippen LogP contribution in [0.4, 0.5) is 10.2 Å². The van der Waals surface area contributed by atoms with Gasteiger partial charge in [-0.3, -0.25) is 20.4 Å². The Bertz CT molecular complexity index is 817. The zero-order valence-corrected chi connectivity index (χ0v) is 15.3. The minimum absolute atomic E-state index is 0.00687. The number of hydrogen-bond donors (Lipinski definition) is 3. The summed E-state index contributed by atoms with van der Waals surface area (Å²) in [5, 5.41) is 11.0. The molecular formula is C19H22FN5O2. The van der Waals surface area contributed by atoms with Crippen molar-refractivity contribution >= 4 is 17.6 Å². The average molecular weight is 371 g/mol. The average Bonchev–Trinajstić information content (AvgIpc) is 3.50. The third-order valence-electron chi connectivity index (χ3n) is 4.48. The minimum Gasteiger partial charge on any atom is -0.368 e. The molecule has 0 radical (unpaired) electrons. The predicted molar refractivity (Wildman–Crippen MR) is 98.3 cm³/mol. The van der Waals surface area contributed by atoms with Gasteiger partial charge in [0, 0.05) is 17.9 Å². The van der Waals surface area contributed by atoms with Gasteiger partial charge in [-0.05, 0) is 42.7 Å².